The topological polar surface area (TPSA) is 118 Å². The average Bonchev–Trinajstić information content (AvgIpc) is 3.38. The first-order chi connectivity index (χ1) is 15.8. The quantitative estimate of drug-likeness (QED) is 0.514. The van der Waals surface area contributed by atoms with Gasteiger partial charge in [-0.3, -0.25) is 14.5 Å². The Bertz CT molecular complexity index is 1220. The van der Waals surface area contributed by atoms with Crippen molar-refractivity contribution in [3.63, 3.8) is 0 Å². The number of ether oxygens (including phenoxy) is 1. The third kappa shape index (κ3) is 4.51. The van der Waals surface area contributed by atoms with E-state index < -0.39 is 29.9 Å². The minimum atomic E-state index is -1.21. The van der Waals surface area contributed by atoms with Gasteiger partial charge in [-0.2, -0.15) is 5.10 Å². The molecule has 2 aromatic carbocycles. The van der Waals surface area contributed by atoms with Gasteiger partial charge in [0.2, 0.25) is 5.91 Å². The standard InChI is InChI=1S/C22H21ClN6O4/c1-22(10-14-5-3-4-6-18(14)33-2)20(31)28(21(32)27-22)11-19(30)26-16-9-15(23)7-8-17(16)29-13-24-12-25-29/h3-9,12-13H,10-11H2,1-2H3,(H,26,30)(H,27,32)/t22-/m1/s1. The summed E-state index contributed by atoms with van der Waals surface area (Å²) < 4.78 is 6.81. The molecular formula is C22H21ClN6O4. The second kappa shape index (κ2) is 8.91. The first-order valence-electron chi connectivity index (χ1n) is 10.0. The molecule has 1 aliphatic heterocycles. The lowest BCUT2D eigenvalue weighted by atomic mass is 9.92. The molecule has 1 atom stereocenters. The van der Waals surface area contributed by atoms with Crippen LogP contribution < -0.4 is 15.4 Å². The van der Waals surface area contributed by atoms with Gasteiger partial charge in [0.15, 0.2) is 0 Å². The van der Waals surface area contributed by atoms with Crippen LogP contribution in [0, 0.1) is 0 Å². The van der Waals surface area contributed by atoms with Crippen molar-refractivity contribution in [3.8, 4) is 11.4 Å². The number of urea groups is 1. The van der Waals surface area contributed by atoms with Crippen molar-refractivity contribution >= 4 is 35.1 Å². The van der Waals surface area contributed by atoms with Crippen LogP contribution in [-0.4, -0.2) is 56.7 Å². The van der Waals surface area contributed by atoms with E-state index in [2.05, 4.69) is 20.7 Å². The molecule has 0 saturated carbocycles. The fourth-order valence-corrected chi connectivity index (χ4v) is 3.89. The number of hydrogen-bond donors (Lipinski definition) is 2. The smallest absolute Gasteiger partial charge is 0.325 e. The highest BCUT2D eigenvalue weighted by Crippen LogP contribution is 2.28. The first kappa shape index (κ1) is 22.3. The number of hydrogen-bond acceptors (Lipinski definition) is 6. The lowest BCUT2D eigenvalue weighted by Crippen LogP contribution is -2.46. The summed E-state index contributed by atoms with van der Waals surface area (Å²) in [5, 5.41) is 9.85. The highest BCUT2D eigenvalue weighted by atomic mass is 35.5. The van der Waals surface area contributed by atoms with Gasteiger partial charge in [0.05, 0.1) is 18.5 Å². The van der Waals surface area contributed by atoms with E-state index in [1.54, 1.807) is 31.2 Å². The van der Waals surface area contributed by atoms with E-state index in [0.29, 0.717) is 22.1 Å². The molecule has 170 valence electrons. The number of benzene rings is 2. The van der Waals surface area contributed by atoms with Gasteiger partial charge < -0.3 is 15.4 Å². The molecule has 0 bridgehead atoms. The summed E-state index contributed by atoms with van der Waals surface area (Å²) >= 11 is 6.08. The zero-order chi connectivity index (χ0) is 23.6. The number of aromatic nitrogens is 3. The molecule has 4 amide bonds. The van der Waals surface area contributed by atoms with Gasteiger partial charge in [-0.25, -0.2) is 14.5 Å². The molecule has 1 saturated heterocycles. The van der Waals surface area contributed by atoms with Gasteiger partial charge in [0.25, 0.3) is 5.91 Å². The van der Waals surface area contributed by atoms with Crippen LogP contribution in [0.1, 0.15) is 12.5 Å². The van der Waals surface area contributed by atoms with E-state index in [1.165, 1.54) is 24.4 Å². The summed E-state index contributed by atoms with van der Waals surface area (Å²) in [7, 11) is 1.54. The van der Waals surface area contributed by atoms with Gasteiger partial charge in [0, 0.05) is 11.4 Å². The number of anilines is 1. The van der Waals surface area contributed by atoms with E-state index in [-0.39, 0.29) is 6.42 Å². The van der Waals surface area contributed by atoms with Crippen molar-refractivity contribution < 1.29 is 19.1 Å². The lowest BCUT2D eigenvalue weighted by molar-refractivity contribution is -0.133. The Kier molecular flexibility index (Phi) is 6.01. The van der Waals surface area contributed by atoms with Crippen molar-refractivity contribution in [2.24, 2.45) is 0 Å². The van der Waals surface area contributed by atoms with Crippen molar-refractivity contribution in [1.82, 2.24) is 25.0 Å². The number of carbonyl (C=O) groups excluding carboxylic acids is 3. The summed E-state index contributed by atoms with van der Waals surface area (Å²) in [5.74, 6) is -0.460. The first-order valence-corrected chi connectivity index (χ1v) is 10.4. The molecule has 1 aliphatic rings. The van der Waals surface area contributed by atoms with E-state index in [0.717, 1.165) is 10.5 Å². The number of nitrogens with zero attached hydrogens (tertiary/aromatic N) is 4. The summed E-state index contributed by atoms with van der Waals surface area (Å²) in [6.45, 7) is 1.16. The second-order valence-corrected chi connectivity index (χ2v) is 8.13. The highest BCUT2D eigenvalue weighted by molar-refractivity contribution is 6.31. The SMILES string of the molecule is COc1ccccc1C[C@@]1(C)NC(=O)N(CC(=O)Nc2cc(Cl)ccc2-n2cncn2)C1=O. The molecule has 2 heterocycles. The number of amides is 4. The van der Waals surface area contributed by atoms with E-state index in [9.17, 15) is 14.4 Å². The summed E-state index contributed by atoms with van der Waals surface area (Å²) in [4.78, 5) is 43.3. The zero-order valence-electron chi connectivity index (χ0n) is 17.9. The predicted molar refractivity (Wildman–Crippen MR) is 120 cm³/mol. The third-order valence-corrected chi connectivity index (χ3v) is 5.52. The van der Waals surface area contributed by atoms with Crippen LogP contribution in [0.25, 0.3) is 5.69 Å². The molecule has 10 nitrogen and oxygen atoms in total. The largest absolute Gasteiger partial charge is 0.496 e. The molecule has 4 rings (SSSR count). The van der Waals surface area contributed by atoms with Crippen LogP contribution in [0.4, 0.5) is 10.5 Å². The van der Waals surface area contributed by atoms with Crippen LogP contribution in [0.5, 0.6) is 5.75 Å². The number of rotatable bonds is 7. The number of halogens is 1. The number of para-hydroxylation sites is 1. The van der Waals surface area contributed by atoms with Gasteiger partial charge >= 0.3 is 6.03 Å². The monoisotopic (exact) mass is 468 g/mol. The Balaban J connectivity index is 1.50. The molecule has 0 aliphatic carbocycles. The molecule has 0 spiro atoms. The number of imide groups is 1. The predicted octanol–water partition coefficient (Wildman–Crippen LogP) is 2.42. The maximum atomic E-state index is 13.1. The van der Waals surface area contributed by atoms with Gasteiger partial charge in [0.1, 0.15) is 30.5 Å². The summed E-state index contributed by atoms with van der Waals surface area (Å²) in [6, 6.07) is 11.5. The maximum absolute atomic E-state index is 13.1. The lowest BCUT2D eigenvalue weighted by Gasteiger charge is -2.22. The van der Waals surface area contributed by atoms with E-state index in [4.69, 9.17) is 16.3 Å². The van der Waals surface area contributed by atoms with E-state index in [1.807, 2.05) is 18.2 Å². The van der Waals surface area contributed by atoms with Crippen LogP contribution in [0.2, 0.25) is 5.02 Å². The molecule has 3 aromatic rings. The molecule has 2 N–H and O–H groups in total. The van der Waals surface area contributed by atoms with Crippen molar-refractivity contribution in [2.75, 3.05) is 19.0 Å². The summed E-state index contributed by atoms with van der Waals surface area (Å²) in [6.07, 6.45) is 3.04. The molecular weight excluding hydrogens is 448 g/mol. The molecule has 1 fully saturated rings. The number of methoxy groups -OCH3 is 1. The molecule has 0 unspecified atom stereocenters. The Morgan fingerprint density at radius 1 is 1.24 bits per heavy atom. The van der Waals surface area contributed by atoms with E-state index >= 15 is 0 Å². The zero-order valence-corrected chi connectivity index (χ0v) is 18.7. The van der Waals surface area contributed by atoms with Crippen LogP contribution >= 0.6 is 11.6 Å². The average molecular weight is 469 g/mol. The summed E-state index contributed by atoms with van der Waals surface area (Å²) in [5.41, 5.74) is 0.442. The van der Waals surface area contributed by atoms with Crippen molar-refractivity contribution in [1.29, 1.82) is 0 Å². The van der Waals surface area contributed by atoms with Gasteiger partial charge in [-0.1, -0.05) is 29.8 Å². The molecule has 1 aromatic heterocycles. The van der Waals surface area contributed by atoms with Gasteiger partial charge in [-0.05, 0) is 36.8 Å². The van der Waals surface area contributed by atoms with Gasteiger partial charge in [-0.15, -0.1) is 0 Å². The van der Waals surface area contributed by atoms with Crippen molar-refractivity contribution in [3.05, 3.63) is 65.7 Å². The molecule has 33 heavy (non-hydrogen) atoms. The van der Waals surface area contributed by atoms with Crippen LogP contribution in [0.15, 0.2) is 55.1 Å². The fraction of sp³-hybridized carbons (Fsp3) is 0.227. The molecule has 11 heteroatoms. The minimum absolute atomic E-state index is 0.213. The Labute approximate surface area is 194 Å². The number of nitrogens with one attached hydrogen (secondary N) is 2. The van der Waals surface area contributed by atoms with Crippen LogP contribution in [0.3, 0.4) is 0 Å². The Morgan fingerprint density at radius 2 is 2.03 bits per heavy atom. The maximum Gasteiger partial charge on any atom is 0.325 e. The normalized spacial score (nSPS) is 17.7. The van der Waals surface area contributed by atoms with Crippen LogP contribution in [-0.2, 0) is 16.0 Å². The minimum Gasteiger partial charge on any atom is -0.496 e. The third-order valence-electron chi connectivity index (χ3n) is 5.28. The molecule has 0 radical (unpaired) electrons. The second-order valence-electron chi connectivity index (χ2n) is 7.69. The van der Waals surface area contributed by atoms with Crippen molar-refractivity contribution in [2.45, 2.75) is 18.9 Å². The number of carbonyl (C=O) groups is 3. The Hall–Kier alpha value is -3.92. The highest BCUT2D eigenvalue weighted by Gasteiger charge is 2.48. The fourth-order valence-electron chi connectivity index (χ4n) is 3.71. The Morgan fingerprint density at radius 3 is 2.76 bits per heavy atom.